The Bertz CT molecular complexity index is 983. The number of hydrogen-bond donors (Lipinski definition) is 1. The lowest BCUT2D eigenvalue weighted by Gasteiger charge is -2.16. The van der Waals surface area contributed by atoms with Crippen LogP contribution in [0.25, 0.3) is 6.08 Å². The lowest BCUT2D eigenvalue weighted by atomic mass is 10.2. The lowest BCUT2D eigenvalue weighted by Crippen LogP contribution is -2.46. The fourth-order valence-electron chi connectivity index (χ4n) is 2.17. The van der Waals surface area contributed by atoms with Crippen molar-refractivity contribution in [1.29, 1.82) is 0 Å². The number of thioether (sulfide) groups is 1. The SMILES string of the molecule is O=C(COc1ccc(Cl)cc1Cl)NN1C(=O)C(=Cc2ccc(Br)cc2)SC1=S. The summed E-state index contributed by atoms with van der Waals surface area (Å²) in [4.78, 5) is 25.1. The summed E-state index contributed by atoms with van der Waals surface area (Å²) in [6, 6.07) is 12.1. The maximum Gasteiger partial charge on any atom is 0.285 e. The number of nitrogens with zero attached hydrogens (tertiary/aromatic N) is 1. The van der Waals surface area contributed by atoms with Crippen molar-refractivity contribution in [2.45, 2.75) is 0 Å². The number of ether oxygens (including phenoxy) is 1. The molecule has 0 unspecified atom stereocenters. The molecule has 1 aliphatic heterocycles. The van der Waals surface area contributed by atoms with Crippen molar-refractivity contribution in [2.75, 3.05) is 6.61 Å². The minimum atomic E-state index is -0.549. The molecule has 28 heavy (non-hydrogen) atoms. The van der Waals surface area contributed by atoms with Crippen LogP contribution >= 0.6 is 63.1 Å². The first kappa shape index (κ1) is 21.1. The topological polar surface area (TPSA) is 58.6 Å². The summed E-state index contributed by atoms with van der Waals surface area (Å²) in [6.07, 6.45) is 1.71. The molecule has 0 spiro atoms. The van der Waals surface area contributed by atoms with Crippen molar-refractivity contribution >= 4 is 85.3 Å². The zero-order valence-electron chi connectivity index (χ0n) is 13.9. The van der Waals surface area contributed by atoms with E-state index in [0.717, 1.165) is 26.8 Å². The van der Waals surface area contributed by atoms with Crippen molar-refractivity contribution in [3.63, 3.8) is 0 Å². The predicted molar refractivity (Wildman–Crippen MR) is 119 cm³/mol. The van der Waals surface area contributed by atoms with Crippen LogP contribution < -0.4 is 10.2 Å². The highest BCUT2D eigenvalue weighted by Gasteiger charge is 2.33. The van der Waals surface area contributed by atoms with Gasteiger partial charge in [-0.15, -0.1) is 0 Å². The molecular weight excluding hydrogens is 507 g/mol. The van der Waals surface area contributed by atoms with Crippen LogP contribution in [0.1, 0.15) is 5.56 Å². The summed E-state index contributed by atoms with van der Waals surface area (Å²) < 4.78 is 6.52. The number of amides is 2. The van der Waals surface area contributed by atoms with Crippen LogP contribution in [0.15, 0.2) is 51.8 Å². The Morgan fingerprint density at radius 3 is 2.64 bits per heavy atom. The zero-order valence-corrected chi connectivity index (χ0v) is 18.7. The molecule has 0 aromatic heterocycles. The first-order chi connectivity index (χ1) is 13.3. The Labute approximate surface area is 189 Å². The third-order valence-corrected chi connectivity index (χ3v) is 5.81. The highest BCUT2D eigenvalue weighted by Crippen LogP contribution is 2.31. The van der Waals surface area contributed by atoms with Crippen molar-refractivity contribution < 1.29 is 14.3 Å². The van der Waals surface area contributed by atoms with E-state index in [0.29, 0.717) is 15.7 Å². The van der Waals surface area contributed by atoms with Crippen LogP contribution in [0, 0.1) is 0 Å². The van der Waals surface area contributed by atoms with Gasteiger partial charge < -0.3 is 4.74 Å². The van der Waals surface area contributed by atoms with Gasteiger partial charge in [0.2, 0.25) is 0 Å². The summed E-state index contributed by atoms with van der Waals surface area (Å²) in [5.74, 6) is -0.648. The number of carbonyl (C=O) groups is 2. The van der Waals surface area contributed by atoms with E-state index in [1.807, 2.05) is 24.3 Å². The molecule has 1 heterocycles. The third-order valence-electron chi connectivity index (χ3n) is 3.45. The van der Waals surface area contributed by atoms with Crippen LogP contribution in [0.4, 0.5) is 0 Å². The Hall–Kier alpha value is -1.58. The smallest absolute Gasteiger partial charge is 0.285 e. The third kappa shape index (κ3) is 5.27. The van der Waals surface area contributed by atoms with E-state index in [1.54, 1.807) is 18.2 Å². The number of thiocarbonyl (C=S) groups is 1. The number of carbonyl (C=O) groups excluding carboxylic acids is 2. The number of hydrazine groups is 1. The Balaban J connectivity index is 1.62. The molecule has 1 saturated heterocycles. The van der Waals surface area contributed by atoms with Gasteiger partial charge in [0.15, 0.2) is 10.9 Å². The van der Waals surface area contributed by atoms with Gasteiger partial charge in [-0.05, 0) is 54.2 Å². The molecule has 0 saturated carbocycles. The molecule has 1 aliphatic rings. The van der Waals surface area contributed by atoms with Gasteiger partial charge >= 0.3 is 0 Å². The summed E-state index contributed by atoms with van der Waals surface area (Å²) in [5, 5.41) is 1.76. The molecule has 1 N–H and O–H groups in total. The molecular formula is C18H11BrCl2N2O3S2. The quantitative estimate of drug-likeness (QED) is 0.443. The molecule has 3 rings (SSSR count). The van der Waals surface area contributed by atoms with E-state index >= 15 is 0 Å². The molecule has 5 nitrogen and oxygen atoms in total. The number of nitrogens with one attached hydrogen (secondary N) is 1. The van der Waals surface area contributed by atoms with Gasteiger partial charge in [0.05, 0.1) is 9.93 Å². The summed E-state index contributed by atoms with van der Waals surface area (Å²) in [7, 11) is 0. The molecule has 0 atom stereocenters. The number of rotatable bonds is 5. The van der Waals surface area contributed by atoms with Gasteiger partial charge in [-0.3, -0.25) is 15.0 Å². The van der Waals surface area contributed by atoms with Crippen molar-refractivity contribution in [2.24, 2.45) is 0 Å². The standard InChI is InChI=1S/C18H11BrCl2N2O3S2/c19-11-3-1-10(2-4-11)7-15-17(25)23(18(27)28-15)22-16(24)9-26-14-6-5-12(20)8-13(14)21/h1-8H,9H2,(H,22,24). The molecule has 144 valence electrons. The van der Waals surface area contributed by atoms with Crippen LogP contribution in [-0.4, -0.2) is 27.8 Å². The number of halogens is 3. The Morgan fingerprint density at radius 1 is 1.25 bits per heavy atom. The summed E-state index contributed by atoms with van der Waals surface area (Å²) >= 11 is 21.5. The van der Waals surface area contributed by atoms with Gasteiger partial charge in [0, 0.05) is 9.50 Å². The molecule has 2 aromatic carbocycles. The minimum absolute atomic E-state index is 0.228. The van der Waals surface area contributed by atoms with Crippen molar-refractivity contribution in [3.05, 3.63) is 67.5 Å². The summed E-state index contributed by atoms with van der Waals surface area (Å²) in [6.45, 7) is -0.343. The maximum absolute atomic E-state index is 12.5. The first-order valence-electron chi connectivity index (χ1n) is 7.74. The van der Waals surface area contributed by atoms with E-state index in [2.05, 4.69) is 21.4 Å². The molecule has 2 amide bonds. The molecule has 10 heteroatoms. The monoisotopic (exact) mass is 516 g/mol. The Morgan fingerprint density at radius 2 is 1.96 bits per heavy atom. The normalized spacial score (nSPS) is 15.2. The first-order valence-corrected chi connectivity index (χ1v) is 10.5. The maximum atomic E-state index is 12.5. The fraction of sp³-hybridized carbons (Fsp3) is 0.0556. The zero-order chi connectivity index (χ0) is 20.3. The fourth-order valence-corrected chi connectivity index (χ4v) is 4.07. The Kier molecular flexibility index (Phi) is 7.00. The van der Waals surface area contributed by atoms with E-state index in [4.69, 9.17) is 40.2 Å². The average Bonchev–Trinajstić information content (AvgIpc) is 2.90. The number of hydrogen-bond acceptors (Lipinski definition) is 5. The van der Waals surface area contributed by atoms with Crippen LogP contribution in [0.3, 0.4) is 0 Å². The highest BCUT2D eigenvalue weighted by atomic mass is 79.9. The van der Waals surface area contributed by atoms with E-state index in [1.165, 1.54) is 6.07 Å². The number of benzene rings is 2. The van der Waals surface area contributed by atoms with Gasteiger partial charge in [-0.25, -0.2) is 0 Å². The highest BCUT2D eigenvalue weighted by molar-refractivity contribution is 9.10. The lowest BCUT2D eigenvalue weighted by molar-refractivity contribution is -0.134. The largest absolute Gasteiger partial charge is 0.482 e. The molecule has 0 bridgehead atoms. The second kappa shape index (κ2) is 9.28. The second-order valence-electron chi connectivity index (χ2n) is 5.47. The van der Waals surface area contributed by atoms with Gasteiger partial charge in [-0.1, -0.05) is 63.0 Å². The van der Waals surface area contributed by atoms with Crippen molar-refractivity contribution in [1.82, 2.24) is 10.4 Å². The molecule has 1 fully saturated rings. The van der Waals surface area contributed by atoms with E-state index in [9.17, 15) is 9.59 Å². The molecule has 2 aromatic rings. The van der Waals surface area contributed by atoms with E-state index < -0.39 is 11.8 Å². The van der Waals surface area contributed by atoms with Crippen LogP contribution in [-0.2, 0) is 9.59 Å². The van der Waals surface area contributed by atoms with E-state index in [-0.39, 0.29) is 16.0 Å². The minimum Gasteiger partial charge on any atom is -0.482 e. The predicted octanol–water partition coefficient (Wildman–Crippen LogP) is 5.07. The van der Waals surface area contributed by atoms with Gasteiger partial charge in [0.1, 0.15) is 5.75 Å². The second-order valence-corrected chi connectivity index (χ2v) is 8.90. The van der Waals surface area contributed by atoms with Gasteiger partial charge in [0.25, 0.3) is 11.8 Å². The van der Waals surface area contributed by atoms with Crippen LogP contribution in [0.5, 0.6) is 5.75 Å². The average molecular weight is 518 g/mol. The summed E-state index contributed by atoms with van der Waals surface area (Å²) in [5.41, 5.74) is 3.29. The van der Waals surface area contributed by atoms with Crippen LogP contribution in [0.2, 0.25) is 10.0 Å². The van der Waals surface area contributed by atoms with Gasteiger partial charge in [-0.2, -0.15) is 5.01 Å². The molecule has 0 radical (unpaired) electrons. The van der Waals surface area contributed by atoms with Crippen molar-refractivity contribution in [3.8, 4) is 5.75 Å². The molecule has 0 aliphatic carbocycles.